The van der Waals surface area contributed by atoms with E-state index >= 15 is 0 Å². The predicted octanol–water partition coefficient (Wildman–Crippen LogP) is 3.24. The molecule has 0 atom stereocenters. The average molecular weight is 342 g/mol. The Hall–Kier alpha value is -3.09. The summed E-state index contributed by atoms with van der Waals surface area (Å²) in [6.45, 7) is 5.67. The number of carboxylic acid groups (broad SMARTS) is 1. The summed E-state index contributed by atoms with van der Waals surface area (Å²) in [6, 6.07) is 5.04. The van der Waals surface area contributed by atoms with Gasteiger partial charge >= 0.3 is 0 Å². The Morgan fingerprint density at radius 1 is 1.24 bits per heavy atom. The monoisotopic (exact) mass is 342 g/mol. The van der Waals surface area contributed by atoms with Gasteiger partial charge in [0.2, 0.25) is 0 Å². The maximum absolute atomic E-state index is 13.9. The Morgan fingerprint density at radius 2 is 1.96 bits per heavy atom. The summed E-state index contributed by atoms with van der Waals surface area (Å²) in [6.07, 6.45) is 6.87. The van der Waals surface area contributed by atoms with E-state index in [9.17, 15) is 4.39 Å². The zero-order valence-electron chi connectivity index (χ0n) is 14.3. The second-order valence-electron chi connectivity index (χ2n) is 5.48. The highest BCUT2D eigenvalue weighted by Crippen LogP contribution is 2.19. The number of rotatable bonds is 3. The van der Waals surface area contributed by atoms with Crippen LogP contribution in [-0.2, 0) is 11.3 Å². The third-order valence-corrected chi connectivity index (χ3v) is 3.44. The van der Waals surface area contributed by atoms with Crippen LogP contribution in [0.4, 0.5) is 4.39 Å². The van der Waals surface area contributed by atoms with Crippen LogP contribution in [-0.4, -0.2) is 30.6 Å². The second kappa shape index (κ2) is 8.14. The summed E-state index contributed by atoms with van der Waals surface area (Å²) in [5.74, 6) is -0.686. The number of aryl methyl sites for hydroxylation is 2. The van der Waals surface area contributed by atoms with Gasteiger partial charge in [0, 0.05) is 37.4 Å². The minimum atomic E-state index is -0.833. The Balaban J connectivity index is 0.000000511. The van der Waals surface area contributed by atoms with Gasteiger partial charge in [0.1, 0.15) is 5.69 Å². The van der Waals surface area contributed by atoms with Gasteiger partial charge in [-0.05, 0) is 37.1 Å². The highest BCUT2D eigenvalue weighted by atomic mass is 19.1. The fourth-order valence-corrected chi connectivity index (χ4v) is 2.19. The van der Waals surface area contributed by atoms with Crippen LogP contribution in [0.15, 0.2) is 43.0 Å². The molecule has 0 aliphatic rings. The number of aliphatic carboxylic acids is 1. The van der Waals surface area contributed by atoms with Gasteiger partial charge in [-0.2, -0.15) is 0 Å². The molecule has 0 aromatic carbocycles. The molecule has 0 radical (unpaired) electrons. The molecule has 0 unspecified atom stereocenters. The molecule has 3 rings (SSSR count). The molecule has 0 amide bonds. The van der Waals surface area contributed by atoms with Crippen molar-refractivity contribution < 1.29 is 14.3 Å². The fraction of sp³-hybridized carbons (Fsp3) is 0.222. The fourth-order valence-electron chi connectivity index (χ4n) is 2.19. The van der Waals surface area contributed by atoms with Gasteiger partial charge in [0.25, 0.3) is 5.97 Å². The van der Waals surface area contributed by atoms with Crippen molar-refractivity contribution in [2.45, 2.75) is 27.3 Å². The van der Waals surface area contributed by atoms with Crippen molar-refractivity contribution in [2.75, 3.05) is 0 Å². The maximum Gasteiger partial charge on any atom is 0.300 e. The summed E-state index contributed by atoms with van der Waals surface area (Å²) >= 11 is 0. The first-order chi connectivity index (χ1) is 11.9. The number of nitrogens with zero attached hydrogens (tertiary/aromatic N) is 4. The molecular weight excluding hydrogens is 323 g/mol. The third kappa shape index (κ3) is 4.94. The maximum atomic E-state index is 13.9. The lowest BCUT2D eigenvalue weighted by molar-refractivity contribution is -0.134. The van der Waals surface area contributed by atoms with Gasteiger partial charge in [-0.1, -0.05) is 6.07 Å². The average Bonchev–Trinajstić information content (AvgIpc) is 2.99. The van der Waals surface area contributed by atoms with Gasteiger partial charge in [-0.15, -0.1) is 0 Å². The number of imidazole rings is 1. The van der Waals surface area contributed by atoms with Crippen LogP contribution in [0.2, 0.25) is 0 Å². The third-order valence-electron chi connectivity index (χ3n) is 3.44. The molecule has 3 aromatic rings. The van der Waals surface area contributed by atoms with E-state index in [2.05, 4.69) is 21.0 Å². The minimum Gasteiger partial charge on any atom is -0.481 e. The van der Waals surface area contributed by atoms with Crippen molar-refractivity contribution in [3.8, 4) is 11.5 Å². The molecule has 130 valence electrons. The van der Waals surface area contributed by atoms with Crippen LogP contribution >= 0.6 is 0 Å². The van der Waals surface area contributed by atoms with E-state index in [1.54, 1.807) is 18.5 Å². The Labute approximate surface area is 145 Å². The van der Waals surface area contributed by atoms with Crippen molar-refractivity contribution in [1.82, 2.24) is 19.5 Å². The van der Waals surface area contributed by atoms with E-state index in [4.69, 9.17) is 9.90 Å². The Morgan fingerprint density at radius 3 is 2.60 bits per heavy atom. The summed E-state index contributed by atoms with van der Waals surface area (Å²) in [7, 11) is 0. The van der Waals surface area contributed by atoms with Gasteiger partial charge in [-0.3, -0.25) is 9.78 Å². The van der Waals surface area contributed by atoms with Gasteiger partial charge < -0.3 is 9.67 Å². The van der Waals surface area contributed by atoms with Crippen LogP contribution in [0.3, 0.4) is 0 Å². The van der Waals surface area contributed by atoms with Crippen LogP contribution in [0.5, 0.6) is 0 Å². The lowest BCUT2D eigenvalue weighted by Gasteiger charge is -2.09. The highest BCUT2D eigenvalue weighted by Gasteiger charge is 2.12. The van der Waals surface area contributed by atoms with Crippen LogP contribution in [0.1, 0.15) is 23.7 Å². The van der Waals surface area contributed by atoms with E-state index in [0.717, 1.165) is 23.7 Å². The number of hydrogen-bond acceptors (Lipinski definition) is 4. The Kier molecular flexibility index (Phi) is 5.94. The summed E-state index contributed by atoms with van der Waals surface area (Å²) in [5.41, 5.74) is 3.46. The van der Waals surface area contributed by atoms with Crippen LogP contribution in [0, 0.1) is 19.7 Å². The minimum absolute atomic E-state index is 0.263. The normalized spacial score (nSPS) is 10.1. The molecule has 3 heterocycles. The molecule has 7 heteroatoms. The zero-order valence-corrected chi connectivity index (χ0v) is 14.3. The molecular formula is C18H19FN4O2. The number of hydrogen-bond donors (Lipinski definition) is 1. The van der Waals surface area contributed by atoms with Crippen molar-refractivity contribution in [3.63, 3.8) is 0 Å². The van der Waals surface area contributed by atoms with E-state index in [0.29, 0.717) is 12.4 Å². The number of carbonyl (C=O) groups is 1. The van der Waals surface area contributed by atoms with Gasteiger partial charge in [0.05, 0.1) is 6.54 Å². The number of aromatic nitrogens is 4. The van der Waals surface area contributed by atoms with E-state index in [1.807, 2.05) is 30.8 Å². The Bertz CT molecular complexity index is 873. The molecule has 0 saturated heterocycles. The lowest BCUT2D eigenvalue weighted by atomic mass is 10.1. The first-order valence-corrected chi connectivity index (χ1v) is 7.62. The van der Waals surface area contributed by atoms with Gasteiger partial charge in [0.15, 0.2) is 11.6 Å². The molecule has 0 saturated carbocycles. The number of carboxylic acids is 1. The molecule has 0 fully saturated rings. The molecule has 0 spiro atoms. The molecule has 0 aliphatic carbocycles. The standard InChI is InChI=1S/C16H15FN4.C2H4O2/c1-11-8-13(9-20-12(11)2)10-21-7-6-19-16(21)15-14(17)4-3-5-18-15;1-2(3)4/h3-9H,10H2,1-2H3;1H3,(H,3,4). The zero-order chi connectivity index (χ0) is 18.4. The summed E-state index contributed by atoms with van der Waals surface area (Å²) < 4.78 is 15.7. The van der Waals surface area contributed by atoms with Crippen molar-refractivity contribution in [1.29, 1.82) is 0 Å². The van der Waals surface area contributed by atoms with E-state index < -0.39 is 5.97 Å². The van der Waals surface area contributed by atoms with E-state index in [-0.39, 0.29) is 11.5 Å². The number of pyridine rings is 2. The van der Waals surface area contributed by atoms with Gasteiger partial charge in [-0.25, -0.2) is 14.4 Å². The van der Waals surface area contributed by atoms with Crippen molar-refractivity contribution in [2.24, 2.45) is 0 Å². The summed E-state index contributed by atoms with van der Waals surface area (Å²) in [4.78, 5) is 21.7. The molecule has 6 nitrogen and oxygen atoms in total. The van der Waals surface area contributed by atoms with Crippen LogP contribution in [0.25, 0.3) is 11.5 Å². The quantitative estimate of drug-likeness (QED) is 0.790. The first-order valence-electron chi connectivity index (χ1n) is 7.62. The lowest BCUT2D eigenvalue weighted by Crippen LogP contribution is -2.04. The topological polar surface area (TPSA) is 80.9 Å². The number of halogens is 1. The molecule has 25 heavy (non-hydrogen) atoms. The second-order valence-corrected chi connectivity index (χ2v) is 5.48. The largest absolute Gasteiger partial charge is 0.481 e. The van der Waals surface area contributed by atoms with Crippen LogP contribution < -0.4 is 0 Å². The molecule has 3 aromatic heterocycles. The van der Waals surface area contributed by atoms with E-state index in [1.165, 1.54) is 6.07 Å². The molecule has 0 aliphatic heterocycles. The summed E-state index contributed by atoms with van der Waals surface area (Å²) in [5, 5.41) is 7.42. The van der Waals surface area contributed by atoms with Crippen molar-refractivity contribution >= 4 is 5.97 Å². The smallest absolute Gasteiger partial charge is 0.300 e. The predicted molar refractivity (Wildman–Crippen MR) is 91.5 cm³/mol. The first kappa shape index (κ1) is 18.3. The molecule has 1 N–H and O–H groups in total. The van der Waals surface area contributed by atoms with Crippen molar-refractivity contribution in [3.05, 3.63) is 65.6 Å². The highest BCUT2D eigenvalue weighted by molar-refractivity contribution is 5.63. The molecule has 0 bridgehead atoms. The SMILES string of the molecule is CC(=O)O.Cc1cc(Cn2ccnc2-c2ncccc2F)cnc1C.